The van der Waals surface area contributed by atoms with E-state index in [1.807, 2.05) is 53.1 Å². The highest BCUT2D eigenvalue weighted by molar-refractivity contribution is 7.99. The molecule has 40 heavy (non-hydrogen) atoms. The van der Waals surface area contributed by atoms with Crippen LogP contribution in [-0.2, 0) is 4.79 Å². The van der Waals surface area contributed by atoms with E-state index < -0.39 is 0 Å². The lowest BCUT2D eigenvalue weighted by atomic mass is 9.97. The number of nitrogens with zero attached hydrogens (tertiary/aromatic N) is 4. The highest BCUT2D eigenvalue weighted by atomic mass is 35.5. The molecule has 196 valence electrons. The molecule has 1 aromatic heterocycles. The SMILES string of the molecule is O=C(CSc1nnc(-c2ccc(Cl)cc2)n1-c1ccc(Cl)cc1)NN=Cc1c2ccccc2cc2ccccc12. The highest BCUT2D eigenvalue weighted by Gasteiger charge is 2.17. The van der Waals surface area contributed by atoms with E-state index in [9.17, 15) is 4.79 Å². The average molecular weight is 583 g/mol. The number of hydrogen-bond donors (Lipinski definition) is 1. The second-order valence-electron chi connectivity index (χ2n) is 8.94. The van der Waals surface area contributed by atoms with Gasteiger partial charge in [0.25, 0.3) is 5.91 Å². The molecule has 0 saturated carbocycles. The second-order valence-corrected chi connectivity index (χ2v) is 10.8. The third-order valence-electron chi connectivity index (χ3n) is 6.35. The molecule has 0 radical (unpaired) electrons. The van der Waals surface area contributed by atoms with Crippen molar-refractivity contribution in [3.05, 3.63) is 119 Å². The van der Waals surface area contributed by atoms with Crippen LogP contribution in [0, 0.1) is 0 Å². The van der Waals surface area contributed by atoms with Crippen molar-refractivity contribution in [3.63, 3.8) is 0 Å². The van der Waals surface area contributed by atoms with Gasteiger partial charge in [0.15, 0.2) is 11.0 Å². The van der Waals surface area contributed by atoms with Gasteiger partial charge in [-0.15, -0.1) is 10.2 Å². The fourth-order valence-electron chi connectivity index (χ4n) is 4.49. The molecule has 0 unspecified atom stereocenters. The van der Waals surface area contributed by atoms with Crippen LogP contribution in [0.4, 0.5) is 0 Å². The number of carbonyl (C=O) groups excluding carboxylic acids is 1. The quantitative estimate of drug-likeness (QED) is 0.0903. The number of aromatic nitrogens is 3. The molecule has 5 aromatic carbocycles. The lowest BCUT2D eigenvalue weighted by Gasteiger charge is -2.10. The van der Waals surface area contributed by atoms with Crippen molar-refractivity contribution < 1.29 is 4.79 Å². The Morgan fingerprint density at radius 1 is 0.825 bits per heavy atom. The highest BCUT2D eigenvalue weighted by Crippen LogP contribution is 2.30. The fraction of sp³-hybridized carbons (Fsp3) is 0.0323. The van der Waals surface area contributed by atoms with Gasteiger partial charge in [0, 0.05) is 26.9 Å². The maximum Gasteiger partial charge on any atom is 0.250 e. The van der Waals surface area contributed by atoms with E-state index in [2.05, 4.69) is 51.1 Å². The van der Waals surface area contributed by atoms with Gasteiger partial charge < -0.3 is 0 Å². The zero-order valence-electron chi connectivity index (χ0n) is 21.0. The first-order valence-corrected chi connectivity index (χ1v) is 14.1. The molecule has 0 fully saturated rings. The number of hydrogen-bond acceptors (Lipinski definition) is 5. The van der Waals surface area contributed by atoms with Gasteiger partial charge in [0.2, 0.25) is 0 Å². The number of halogens is 2. The van der Waals surface area contributed by atoms with Gasteiger partial charge in [-0.1, -0.05) is 83.5 Å². The summed E-state index contributed by atoms with van der Waals surface area (Å²) in [4.78, 5) is 12.8. The van der Waals surface area contributed by atoms with Crippen molar-refractivity contribution in [1.29, 1.82) is 0 Å². The van der Waals surface area contributed by atoms with Crippen molar-refractivity contribution >= 4 is 68.6 Å². The average Bonchev–Trinajstić information content (AvgIpc) is 3.40. The number of nitrogens with one attached hydrogen (secondary N) is 1. The van der Waals surface area contributed by atoms with Gasteiger partial charge in [-0.05, 0) is 76.1 Å². The molecule has 0 aliphatic rings. The second kappa shape index (κ2) is 11.5. The Bertz CT molecular complexity index is 1810. The third kappa shape index (κ3) is 5.45. The first-order chi connectivity index (χ1) is 19.6. The van der Waals surface area contributed by atoms with Crippen LogP contribution in [0.15, 0.2) is 113 Å². The van der Waals surface area contributed by atoms with Crippen LogP contribution in [-0.4, -0.2) is 32.6 Å². The van der Waals surface area contributed by atoms with Gasteiger partial charge in [-0.2, -0.15) is 5.10 Å². The molecule has 0 spiro atoms. The van der Waals surface area contributed by atoms with Gasteiger partial charge in [-0.3, -0.25) is 9.36 Å². The summed E-state index contributed by atoms with van der Waals surface area (Å²) in [7, 11) is 0. The number of amides is 1. The van der Waals surface area contributed by atoms with Crippen LogP contribution in [0.3, 0.4) is 0 Å². The van der Waals surface area contributed by atoms with Crippen LogP contribution in [0.5, 0.6) is 0 Å². The summed E-state index contributed by atoms with van der Waals surface area (Å²) < 4.78 is 1.89. The molecule has 9 heteroatoms. The van der Waals surface area contributed by atoms with Gasteiger partial charge in [0.05, 0.1) is 12.0 Å². The van der Waals surface area contributed by atoms with E-state index in [1.54, 1.807) is 30.5 Å². The number of fused-ring (bicyclic) bond motifs is 2. The summed E-state index contributed by atoms with van der Waals surface area (Å²) in [5.74, 6) is 0.465. The molecule has 0 atom stereocenters. The van der Waals surface area contributed by atoms with E-state index in [1.165, 1.54) is 11.8 Å². The zero-order valence-corrected chi connectivity index (χ0v) is 23.3. The summed E-state index contributed by atoms with van der Waals surface area (Å²) in [6.07, 6.45) is 1.71. The van der Waals surface area contributed by atoms with Crippen molar-refractivity contribution in [2.75, 3.05) is 5.75 Å². The molecule has 6 rings (SSSR count). The molecule has 1 heterocycles. The Kier molecular flexibility index (Phi) is 7.51. The Balaban J connectivity index is 1.23. The van der Waals surface area contributed by atoms with E-state index >= 15 is 0 Å². The maximum absolute atomic E-state index is 12.8. The van der Waals surface area contributed by atoms with Crippen LogP contribution in [0.1, 0.15) is 5.56 Å². The smallest absolute Gasteiger partial charge is 0.250 e. The van der Waals surface area contributed by atoms with E-state index in [0.29, 0.717) is 21.0 Å². The molecule has 0 aliphatic carbocycles. The largest absolute Gasteiger partial charge is 0.272 e. The molecule has 6 nitrogen and oxygen atoms in total. The Hall–Kier alpha value is -4.17. The zero-order chi connectivity index (χ0) is 27.5. The molecular weight excluding hydrogens is 561 g/mol. The van der Waals surface area contributed by atoms with Crippen LogP contribution >= 0.6 is 35.0 Å². The fourth-order valence-corrected chi connectivity index (χ4v) is 5.49. The molecule has 6 aromatic rings. The minimum Gasteiger partial charge on any atom is -0.272 e. The minimum absolute atomic E-state index is 0.0972. The van der Waals surface area contributed by atoms with Gasteiger partial charge in [0.1, 0.15) is 0 Å². The third-order valence-corrected chi connectivity index (χ3v) is 7.78. The van der Waals surface area contributed by atoms with E-state index in [4.69, 9.17) is 23.2 Å². The van der Waals surface area contributed by atoms with Crippen LogP contribution < -0.4 is 5.43 Å². The lowest BCUT2D eigenvalue weighted by molar-refractivity contribution is -0.118. The molecular formula is C31H21Cl2N5OS. The standard InChI is InChI=1S/C31H21Cl2N5OS/c32-23-11-9-20(10-12-23)30-36-37-31(38(30)25-15-13-24(33)14-16-25)40-19-29(39)35-34-18-28-26-7-3-1-5-21(26)17-22-6-2-4-8-27(22)28/h1-18H,19H2,(H,35,39). The van der Waals surface area contributed by atoms with Crippen molar-refractivity contribution in [2.45, 2.75) is 5.16 Å². The summed E-state index contributed by atoms with van der Waals surface area (Å²) in [6, 6.07) is 33.2. The van der Waals surface area contributed by atoms with Crippen LogP contribution in [0.2, 0.25) is 10.0 Å². The molecule has 1 amide bonds. The summed E-state index contributed by atoms with van der Waals surface area (Å²) >= 11 is 13.5. The monoisotopic (exact) mass is 581 g/mol. The first-order valence-electron chi connectivity index (χ1n) is 12.4. The molecule has 0 saturated heterocycles. The normalized spacial score (nSPS) is 11.4. The predicted octanol–water partition coefficient (Wildman–Crippen LogP) is 7.79. The van der Waals surface area contributed by atoms with E-state index in [-0.39, 0.29) is 11.7 Å². The molecule has 0 aliphatic heterocycles. The number of rotatable bonds is 7. The van der Waals surface area contributed by atoms with Crippen molar-refractivity contribution in [3.8, 4) is 17.1 Å². The van der Waals surface area contributed by atoms with Gasteiger partial charge >= 0.3 is 0 Å². The summed E-state index contributed by atoms with van der Waals surface area (Å²) in [5, 5.41) is 19.3. The molecule has 0 bridgehead atoms. The Labute approximate surface area is 244 Å². The minimum atomic E-state index is -0.260. The topological polar surface area (TPSA) is 72.2 Å². The Morgan fingerprint density at radius 3 is 2.08 bits per heavy atom. The lowest BCUT2D eigenvalue weighted by Crippen LogP contribution is -2.20. The Morgan fingerprint density at radius 2 is 1.43 bits per heavy atom. The summed E-state index contributed by atoms with van der Waals surface area (Å²) in [5.41, 5.74) is 5.28. The van der Waals surface area contributed by atoms with Crippen molar-refractivity contribution in [1.82, 2.24) is 20.2 Å². The number of carbonyl (C=O) groups is 1. The number of thioether (sulfide) groups is 1. The maximum atomic E-state index is 12.8. The first kappa shape index (κ1) is 26.1. The summed E-state index contributed by atoms with van der Waals surface area (Å²) in [6.45, 7) is 0. The predicted molar refractivity (Wildman–Crippen MR) is 165 cm³/mol. The molecule has 1 N–H and O–H groups in total. The van der Waals surface area contributed by atoms with Gasteiger partial charge in [-0.25, -0.2) is 5.43 Å². The number of benzene rings is 5. The van der Waals surface area contributed by atoms with E-state index in [0.717, 1.165) is 38.4 Å². The number of hydrazone groups is 1. The van der Waals surface area contributed by atoms with Crippen LogP contribution in [0.25, 0.3) is 38.6 Å². The van der Waals surface area contributed by atoms with Crippen molar-refractivity contribution in [2.24, 2.45) is 5.10 Å².